The number of piperidine rings is 1. The Labute approximate surface area is 141 Å². The van der Waals surface area contributed by atoms with E-state index in [9.17, 15) is 5.26 Å². The molecule has 0 spiro atoms. The van der Waals surface area contributed by atoms with E-state index in [4.69, 9.17) is 4.74 Å². The van der Waals surface area contributed by atoms with E-state index in [1.807, 2.05) is 30.3 Å². The number of hydrogen-bond acceptors (Lipinski definition) is 4. The molecule has 2 aromatic carbocycles. The highest BCUT2D eigenvalue weighted by Crippen LogP contribution is 2.49. The molecule has 2 fully saturated rings. The van der Waals surface area contributed by atoms with Gasteiger partial charge in [-0.3, -0.25) is 0 Å². The number of nitriles is 1. The van der Waals surface area contributed by atoms with E-state index in [0.717, 1.165) is 35.7 Å². The van der Waals surface area contributed by atoms with Crippen LogP contribution in [0.1, 0.15) is 31.2 Å². The van der Waals surface area contributed by atoms with Crippen molar-refractivity contribution in [2.24, 2.45) is 0 Å². The molecule has 3 aliphatic rings. The minimum Gasteiger partial charge on any atom is -0.453 e. The first-order valence-corrected chi connectivity index (χ1v) is 8.68. The first-order chi connectivity index (χ1) is 11.8. The van der Waals surface area contributed by atoms with Crippen molar-refractivity contribution in [1.29, 1.82) is 5.26 Å². The maximum Gasteiger partial charge on any atom is 0.152 e. The van der Waals surface area contributed by atoms with Crippen LogP contribution in [0, 0.1) is 11.3 Å². The Morgan fingerprint density at radius 3 is 2.54 bits per heavy atom. The zero-order chi connectivity index (χ0) is 16.1. The third kappa shape index (κ3) is 2.09. The third-order valence-electron chi connectivity index (χ3n) is 5.51. The van der Waals surface area contributed by atoms with E-state index in [2.05, 4.69) is 28.4 Å². The van der Waals surface area contributed by atoms with E-state index in [-0.39, 0.29) is 0 Å². The van der Waals surface area contributed by atoms with E-state index in [0.29, 0.717) is 23.7 Å². The Hall–Kier alpha value is -2.51. The average Bonchev–Trinajstić information content (AvgIpc) is 2.97. The molecule has 0 radical (unpaired) electrons. The summed E-state index contributed by atoms with van der Waals surface area (Å²) in [6, 6.07) is 17.9. The number of anilines is 2. The first-order valence-electron chi connectivity index (χ1n) is 8.68. The highest BCUT2D eigenvalue weighted by Gasteiger charge is 2.39. The molecule has 0 aromatic heterocycles. The molecule has 2 aromatic rings. The molecule has 0 saturated carbocycles. The van der Waals surface area contributed by atoms with Crippen molar-refractivity contribution < 1.29 is 4.74 Å². The summed E-state index contributed by atoms with van der Waals surface area (Å²) in [4.78, 5) is 2.45. The summed E-state index contributed by atoms with van der Waals surface area (Å²) >= 11 is 0. The fourth-order valence-corrected chi connectivity index (χ4v) is 4.49. The van der Waals surface area contributed by atoms with Crippen molar-refractivity contribution >= 4 is 11.4 Å². The summed E-state index contributed by atoms with van der Waals surface area (Å²) in [5.74, 6) is 1.67. The molecular formula is C20H19N3O. The molecule has 3 atom stereocenters. The van der Waals surface area contributed by atoms with Gasteiger partial charge in [-0.2, -0.15) is 5.26 Å². The lowest BCUT2D eigenvalue weighted by Gasteiger charge is -2.42. The molecule has 1 N–H and O–H groups in total. The minimum absolute atomic E-state index is 0.473. The SMILES string of the molecule is N#Cc1ccc2c(c1)Oc1ccccc1N2[C@H]1C[C@H]2CC[C@@H](C1)N2. The molecule has 24 heavy (non-hydrogen) atoms. The van der Waals surface area contributed by atoms with E-state index >= 15 is 0 Å². The largest absolute Gasteiger partial charge is 0.453 e. The number of benzene rings is 2. The van der Waals surface area contributed by atoms with Crippen molar-refractivity contribution in [3.8, 4) is 17.6 Å². The predicted molar refractivity (Wildman–Crippen MR) is 92.8 cm³/mol. The monoisotopic (exact) mass is 317 g/mol. The smallest absolute Gasteiger partial charge is 0.152 e. The fourth-order valence-electron chi connectivity index (χ4n) is 4.49. The van der Waals surface area contributed by atoms with Crippen molar-refractivity contribution in [2.75, 3.05) is 4.90 Å². The van der Waals surface area contributed by atoms with E-state index in [1.165, 1.54) is 12.8 Å². The summed E-state index contributed by atoms with van der Waals surface area (Å²) in [6.45, 7) is 0. The van der Waals surface area contributed by atoms with E-state index in [1.54, 1.807) is 0 Å². The molecule has 0 unspecified atom stereocenters. The summed E-state index contributed by atoms with van der Waals surface area (Å²) in [5, 5.41) is 12.9. The molecule has 3 aliphatic heterocycles. The molecular weight excluding hydrogens is 298 g/mol. The summed E-state index contributed by atoms with van der Waals surface area (Å²) in [5.41, 5.74) is 2.86. The van der Waals surface area contributed by atoms with Crippen LogP contribution in [0.4, 0.5) is 11.4 Å². The quantitative estimate of drug-likeness (QED) is 0.861. The van der Waals surface area contributed by atoms with Crippen LogP contribution in [0.5, 0.6) is 11.5 Å². The summed E-state index contributed by atoms with van der Waals surface area (Å²) < 4.78 is 6.10. The number of fused-ring (bicyclic) bond motifs is 4. The Morgan fingerprint density at radius 2 is 1.75 bits per heavy atom. The van der Waals surface area contributed by atoms with Gasteiger partial charge in [-0.05, 0) is 49.9 Å². The van der Waals surface area contributed by atoms with Gasteiger partial charge in [0, 0.05) is 24.2 Å². The molecule has 0 aliphatic carbocycles. The van der Waals surface area contributed by atoms with Crippen LogP contribution < -0.4 is 15.0 Å². The van der Waals surface area contributed by atoms with Crippen LogP contribution in [0.3, 0.4) is 0 Å². The lowest BCUT2D eigenvalue weighted by Crippen LogP contribution is -2.47. The van der Waals surface area contributed by atoms with Gasteiger partial charge in [0.05, 0.1) is 23.0 Å². The Kier molecular flexibility index (Phi) is 3.04. The number of ether oxygens (including phenoxy) is 1. The zero-order valence-corrected chi connectivity index (χ0v) is 13.4. The van der Waals surface area contributed by atoms with Gasteiger partial charge in [0.1, 0.15) is 0 Å². The zero-order valence-electron chi connectivity index (χ0n) is 13.4. The van der Waals surface area contributed by atoms with Crippen molar-refractivity contribution in [2.45, 2.75) is 43.8 Å². The van der Waals surface area contributed by atoms with Gasteiger partial charge in [0.15, 0.2) is 11.5 Å². The summed E-state index contributed by atoms with van der Waals surface area (Å²) in [6.07, 6.45) is 4.88. The van der Waals surface area contributed by atoms with Crippen molar-refractivity contribution in [3.05, 3.63) is 48.0 Å². The van der Waals surface area contributed by atoms with Gasteiger partial charge in [0.2, 0.25) is 0 Å². The first kappa shape index (κ1) is 13.9. The molecule has 0 amide bonds. The highest BCUT2D eigenvalue weighted by atomic mass is 16.5. The van der Waals surface area contributed by atoms with Crippen molar-refractivity contribution in [1.82, 2.24) is 5.32 Å². The number of nitrogens with zero attached hydrogens (tertiary/aromatic N) is 2. The lowest BCUT2D eigenvalue weighted by molar-refractivity contribution is 0.353. The van der Waals surface area contributed by atoms with Gasteiger partial charge >= 0.3 is 0 Å². The molecule has 4 nitrogen and oxygen atoms in total. The molecule has 4 heteroatoms. The molecule has 120 valence electrons. The number of hydrogen-bond donors (Lipinski definition) is 1. The maximum absolute atomic E-state index is 9.20. The normalized spacial score (nSPS) is 27.0. The van der Waals surface area contributed by atoms with Crippen molar-refractivity contribution in [3.63, 3.8) is 0 Å². The molecule has 5 rings (SSSR count). The van der Waals surface area contributed by atoms with Gasteiger partial charge in [-0.1, -0.05) is 12.1 Å². The van der Waals surface area contributed by atoms with Crippen LogP contribution in [-0.4, -0.2) is 18.1 Å². The van der Waals surface area contributed by atoms with Gasteiger partial charge < -0.3 is 15.0 Å². The lowest BCUT2D eigenvalue weighted by atomic mass is 9.95. The maximum atomic E-state index is 9.20. The van der Waals surface area contributed by atoms with Crippen LogP contribution in [0.25, 0.3) is 0 Å². The Bertz CT molecular complexity index is 829. The molecule has 2 saturated heterocycles. The van der Waals surface area contributed by atoms with Crippen LogP contribution >= 0.6 is 0 Å². The summed E-state index contributed by atoms with van der Waals surface area (Å²) in [7, 11) is 0. The standard InChI is InChI=1S/C20H19N3O/c21-12-13-5-8-18-20(9-13)24-19-4-2-1-3-17(19)23(18)16-10-14-6-7-15(11-16)22-14/h1-5,8-9,14-16,22H,6-7,10-11H2/t14-,15+,16+. The fraction of sp³-hybridized carbons (Fsp3) is 0.350. The van der Waals surface area contributed by atoms with Gasteiger partial charge in [-0.15, -0.1) is 0 Å². The Balaban J connectivity index is 1.62. The number of para-hydroxylation sites is 2. The van der Waals surface area contributed by atoms with Crippen LogP contribution in [-0.2, 0) is 0 Å². The minimum atomic E-state index is 0.473. The van der Waals surface area contributed by atoms with Gasteiger partial charge in [-0.25, -0.2) is 0 Å². The number of nitrogens with one attached hydrogen (secondary N) is 1. The van der Waals surface area contributed by atoms with Gasteiger partial charge in [0.25, 0.3) is 0 Å². The number of rotatable bonds is 1. The van der Waals surface area contributed by atoms with E-state index < -0.39 is 0 Å². The topological polar surface area (TPSA) is 48.3 Å². The molecule has 3 heterocycles. The molecule has 2 bridgehead atoms. The second-order valence-corrected chi connectivity index (χ2v) is 7.00. The van der Waals surface area contributed by atoms with Crippen LogP contribution in [0.15, 0.2) is 42.5 Å². The second-order valence-electron chi connectivity index (χ2n) is 7.00. The highest BCUT2D eigenvalue weighted by molar-refractivity contribution is 5.79. The third-order valence-corrected chi connectivity index (χ3v) is 5.51. The van der Waals surface area contributed by atoms with Crippen LogP contribution in [0.2, 0.25) is 0 Å². The Morgan fingerprint density at radius 1 is 1.00 bits per heavy atom. The second kappa shape index (κ2) is 5.25. The average molecular weight is 317 g/mol. The predicted octanol–water partition coefficient (Wildman–Crippen LogP) is 4.09.